The zero-order chi connectivity index (χ0) is 13.8. The van der Waals surface area contributed by atoms with Gasteiger partial charge in [0.15, 0.2) is 5.65 Å². The minimum absolute atomic E-state index is 0.0347. The first-order valence-electron chi connectivity index (χ1n) is 6.32. The van der Waals surface area contributed by atoms with E-state index in [9.17, 15) is 4.79 Å². The van der Waals surface area contributed by atoms with E-state index in [1.54, 1.807) is 28.8 Å². The number of hydrogen-bond donors (Lipinski definition) is 1. The average Bonchev–Trinajstić information content (AvgIpc) is 2.74. The molecule has 2 heterocycles. The third-order valence-electron chi connectivity index (χ3n) is 2.98. The second-order valence-corrected chi connectivity index (χ2v) is 4.80. The molecule has 0 radical (unpaired) electrons. The number of nitrogens with one attached hydrogen (secondary N) is 1. The second kappa shape index (κ2) is 5.94. The van der Waals surface area contributed by atoms with Crippen molar-refractivity contribution in [3.63, 3.8) is 0 Å². The Morgan fingerprint density at radius 2 is 2.16 bits per heavy atom. The number of aryl methyl sites for hydroxylation is 1. The van der Waals surface area contributed by atoms with Crippen LogP contribution in [-0.2, 0) is 13.6 Å². The van der Waals surface area contributed by atoms with Crippen molar-refractivity contribution in [2.75, 3.05) is 33.7 Å². The molecule has 0 bridgehead atoms. The summed E-state index contributed by atoms with van der Waals surface area (Å²) < 4.78 is 3.23. The fourth-order valence-corrected chi connectivity index (χ4v) is 1.85. The van der Waals surface area contributed by atoms with Crippen LogP contribution < -0.4 is 10.9 Å². The molecule has 0 aliphatic carbocycles. The van der Waals surface area contributed by atoms with E-state index in [4.69, 9.17) is 0 Å². The summed E-state index contributed by atoms with van der Waals surface area (Å²) in [5, 5.41) is 7.91. The summed E-state index contributed by atoms with van der Waals surface area (Å²) in [4.78, 5) is 18.5. The lowest BCUT2D eigenvalue weighted by molar-refractivity contribution is 0.397. The van der Waals surface area contributed by atoms with Gasteiger partial charge in [0.2, 0.25) is 0 Å². The predicted octanol–water partition coefficient (Wildman–Crippen LogP) is -0.719. The van der Waals surface area contributed by atoms with E-state index in [2.05, 4.69) is 20.3 Å². The number of aromatic nitrogens is 4. The summed E-state index contributed by atoms with van der Waals surface area (Å²) in [6, 6.07) is 0. The standard InChI is InChI=1S/C12H20N6O/c1-16(2)6-4-13-5-7-18-9-14-11-10(12(18)19)8-15-17(11)3/h8-9,13H,4-7H2,1-3H3. The van der Waals surface area contributed by atoms with Crippen LogP contribution in [0.2, 0.25) is 0 Å². The number of rotatable bonds is 6. The normalized spacial score (nSPS) is 11.6. The molecule has 7 nitrogen and oxygen atoms in total. The Hall–Kier alpha value is -1.73. The Bertz CT molecular complexity index is 600. The lowest BCUT2D eigenvalue weighted by Crippen LogP contribution is -2.31. The zero-order valence-corrected chi connectivity index (χ0v) is 11.6. The van der Waals surface area contributed by atoms with E-state index >= 15 is 0 Å². The molecule has 0 aliphatic heterocycles. The molecular formula is C12H20N6O. The lowest BCUT2D eigenvalue weighted by Gasteiger charge is -2.10. The molecule has 2 aromatic rings. The maximum atomic E-state index is 12.1. The van der Waals surface area contributed by atoms with Crippen LogP contribution in [0.4, 0.5) is 0 Å². The van der Waals surface area contributed by atoms with Gasteiger partial charge in [-0.3, -0.25) is 14.0 Å². The topological polar surface area (TPSA) is 68.0 Å². The van der Waals surface area contributed by atoms with Crippen molar-refractivity contribution >= 4 is 11.0 Å². The highest BCUT2D eigenvalue weighted by molar-refractivity contribution is 5.72. The highest BCUT2D eigenvalue weighted by Gasteiger charge is 2.07. The van der Waals surface area contributed by atoms with Crippen LogP contribution in [0.15, 0.2) is 17.3 Å². The highest BCUT2D eigenvalue weighted by Crippen LogP contribution is 2.02. The van der Waals surface area contributed by atoms with E-state index in [-0.39, 0.29) is 5.56 Å². The quantitative estimate of drug-likeness (QED) is 0.698. The third kappa shape index (κ3) is 3.18. The highest BCUT2D eigenvalue weighted by atomic mass is 16.1. The fraction of sp³-hybridized carbons (Fsp3) is 0.583. The van der Waals surface area contributed by atoms with Gasteiger partial charge in [-0.25, -0.2) is 4.98 Å². The van der Waals surface area contributed by atoms with Gasteiger partial charge in [0.05, 0.1) is 6.20 Å². The van der Waals surface area contributed by atoms with Gasteiger partial charge >= 0.3 is 0 Å². The van der Waals surface area contributed by atoms with Crippen LogP contribution >= 0.6 is 0 Å². The van der Waals surface area contributed by atoms with E-state index < -0.39 is 0 Å². The van der Waals surface area contributed by atoms with Crippen LogP contribution in [0.3, 0.4) is 0 Å². The number of likely N-dealkylation sites (N-methyl/N-ethyl adjacent to an activating group) is 1. The summed E-state index contributed by atoms with van der Waals surface area (Å²) in [5.41, 5.74) is 0.592. The molecule has 0 saturated heterocycles. The largest absolute Gasteiger partial charge is 0.314 e. The molecule has 0 atom stereocenters. The summed E-state index contributed by atoms with van der Waals surface area (Å²) >= 11 is 0. The number of hydrogen-bond acceptors (Lipinski definition) is 5. The van der Waals surface area contributed by atoms with Crippen molar-refractivity contribution in [1.82, 2.24) is 29.5 Å². The molecule has 2 rings (SSSR count). The predicted molar refractivity (Wildman–Crippen MR) is 74.2 cm³/mol. The van der Waals surface area contributed by atoms with Crippen LogP contribution in [0.1, 0.15) is 0 Å². The average molecular weight is 264 g/mol. The molecule has 0 spiro atoms. The van der Waals surface area contributed by atoms with E-state index in [0.29, 0.717) is 17.6 Å². The monoisotopic (exact) mass is 264 g/mol. The van der Waals surface area contributed by atoms with E-state index in [1.165, 1.54) is 0 Å². The van der Waals surface area contributed by atoms with Gasteiger partial charge in [0.1, 0.15) is 11.7 Å². The molecule has 0 saturated carbocycles. The summed E-state index contributed by atoms with van der Waals surface area (Å²) in [7, 11) is 5.85. The maximum Gasteiger partial charge on any atom is 0.264 e. The Labute approximate surface area is 111 Å². The SMILES string of the molecule is CN(C)CCNCCn1cnc2c(cnn2C)c1=O. The summed E-state index contributed by atoms with van der Waals surface area (Å²) in [6.45, 7) is 3.25. The van der Waals surface area contributed by atoms with Crippen LogP contribution in [-0.4, -0.2) is 58.0 Å². The van der Waals surface area contributed by atoms with Crippen molar-refractivity contribution < 1.29 is 0 Å². The Morgan fingerprint density at radius 1 is 1.37 bits per heavy atom. The van der Waals surface area contributed by atoms with Crippen molar-refractivity contribution in [2.24, 2.45) is 7.05 Å². The van der Waals surface area contributed by atoms with Gasteiger partial charge < -0.3 is 10.2 Å². The maximum absolute atomic E-state index is 12.1. The van der Waals surface area contributed by atoms with Gasteiger partial charge in [-0.1, -0.05) is 0 Å². The summed E-state index contributed by atoms with van der Waals surface area (Å²) in [5.74, 6) is 0. The van der Waals surface area contributed by atoms with Crippen LogP contribution in [0.5, 0.6) is 0 Å². The van der Waals surface area contributed by atoms with Gasteiger partial charge in [-0.15, -0.1) is 0 Å². The molecule has 104 valence electrons. The molecule has 1 N–H and O–H groups in total. The van der Waals surface area contributed by atoms with Gasteiger partial charge in [-0.2, -0.15) is 5.10 Å². The number of fused-ring (bicyclic) bond motifs is 1. The first-order chi connectivity index (χ1) is 9.09. The second-order valence-electron chi connectivity index (χ2n) is 4.80. The summed E-state index contributed by atoms with van der Waals surface area (Å²) in [6.07, 6.45) is 3.15. The molecule has 0 fully saturated rings. The molecule has 0 aliphatic rings. The molecule has 19 heavy (non-hydrogen) atoms. The zero-order valence-electron chi connectivity index (χ0n) is 11.6. The molecule has 0 unspecified atom stereocenters. The molecule has 7 heteroatoms. The fourth-order valence-electron chi connectivity index (χ4n) is 1.85. The first kappa shape index (κ1) is 13.7. The van der Waals surface area contributed by atoms with Crippen LogP contribution in [0, 0.1) is 0 Å². The van der Waals surface area contributed by atoms with Gasteiger partial charge in [0.25, 0.3) is 5.56 Å². The van der Waals surface area contributed by atoms with Crippen molar-refractivity contribution in [3.8, 4) is 0 Å². The Morgan fingerprint density at radius 3 is 2.89 bits per heavy atom. The minimum Gasteiger partial charge on any atom is -0.314 e. The smallest absolute Gasteiger partial charge is 0.264 e. The van der Waals surface area contributed by atoms with E-state index in [1.807, 2.05) is 14.1 Å². The lowest BCUT2D eigenvalue weighted by atomic mass is 10.4. The van der Waals surface area contributed by atoms with Gasteiger partial charge in [-0.05, 0) is 14.1 Å². The molecular weight excluding hydrogens is 244 g/mol. The van der Waals surface area contributed by atoms with Gasteiger partial charge in [0, 0.05) is 33.2 Å². The van der Waals surface area contributed by atoms with Crippen molar-refractivity contribution in [1.29, 1.82) is 0 Å². The molecule has 0 aromatic carbocycles. The van der Waals surface area contributed by atoms with Crippen LogP contribution in [0.25, 0.3) is 11.0 Å². The molecule has 2 aromatic heterocycles. The Balaban J connectivity index is 1.98. The van der Waals surface area contributed by atoms with E-state index in [0.717, 1.165) is 19.6 Å². The first-order valence-corrected chi connectivity index (χ1v) is 6.32. The third-order valence-corrected chi connectivity index (χ3v) is 2.98. The Kier molecular flexibility index (Phi) is 4.28. The van der Waals surface area contributed by atoms with Crippen molar-refractivity contribution in [2.45, 2.75) is 6.54 Å². The van der Waals surface area contributed by atoms with Crippen molar-refractivity contribution in [3.05, 3.63) is 22.9 Å². The minimum atomic E-state index is -0.0347. The number of nitrogens with zero attached hydrogens (tertiary/aromatic N) is 5. The molecule has 0 amide bonds.